The van der Waals surface area contributed by atoms with Crippen molar-refractivity contribution in [1.29, 1.82) is 0 Å². The average molecular weight is 282 g/mol. The number of rotatable bonds is 6. The molecule has 0 bridgehead atoms. The number of aldehydes is 1. The first-order chi connectivity index (χ1) is 10.3. The molecule has 0 N–H and O–H groups in total. The highest BCUT2D eigenvalue weighted by Gasteiger charge is 2.22. The van der Waals surface area contributed by atoms with E-state index < -0.39 is 0 Å². The van der Waals surface area contributed by atoms with E-state index in [1.165, 1.54) is 12.8 Å². The minimum Gasteiger partial charge on any atom is -0.497 e. The summed E-state index contributed by atoms with van der Waals surface area (Å²) in [6, 6.07) is 13.3. The smallest absolute Gasteiger partial charge is 0.150 e. The first-order valence-electron chi connectivity index (χ1n) is 7.16. The van der Waals surface area contributed by atoms with Crippen LogP contribution in [-0.4, -0.2) is 20.0 Å². The maximum atomic E-state index is 11.0. The number of methoxy groups -OCH3 is 1. The van der Waals surface area contributed by atoms with Crippen LogP contribution in [0.1, 0.15) is 23.2 Å². The fourth-order valence-electron chi connectivity index (χ4n) is 2.24. The van der Waals surface area contributed by atoms with Crippen LogP contribution in [0.4, 0.5) is 0 Å². The molecule has 0 aliphatic heterocycles. The second kappa shape index (κ2) is 6.00. The molecule has 3 rings (SSSR count). The number of hydrogen-bond acceptors (Lipinski definition) is 3. The van der Waals surface area contributed by atoms with Crippen LogP contribution in [-0.2, 0) is 0 Å². The van der Waals surface area contributed by atoms with E-state index in [-0.39, 0.29) is 0 Å². The van der Waals surface area contributed by atoms with Gasteiger partial charge >= 0.3 is 0 Å². The van der Waals surface area contributed by atoms with Gasteiger partial charge in [-0.15, -0.1) is 0 Å². The van der Waals surface area contributed by atoms with Crippen molar-refractivity contribution in [3.8, 4) is 22.6 Å². The lowest BCUT2D eigenvalue weighted by molar-refractivity contribution is 0.112. The number of carbonyl (C=O) groups excluding carboxylic acids is 1. The topological polar surface area (TPSA) is 35.5 Å². The Balaban J connectivity index is 1.93. The van der Waals surface area contributed by atoms with E-state index in [1.54, 1.807) is 13.2 Å². The molecule has 1 saturated carbocycles. The first-order valence-corrected chi connectivity index (χ1v) is 7.16. The molecule has 1 aliphatic carbocycles. The molecule has 1 aliphatic rings. The van der Waals surface area contributed by atoms with Crippen molar-refractivity contribution in [3.05, 3.63) is 48.0 Å². The minimum atomic E-state index is 0.652. The highest BCUT2D eigenvalue weighted by atomic mass is 16.5. The van der Waals surface area contributed by atoms with Gasteiger partial charge in [-0.1, -0.05) is 12.1 Å². The van der Waals surface area contributed by atoms with Crippen LogP contribution in [0, 0.1) is 5.92 Å². The van der Waals surface area contributed by atoms with Crippen LogP contribution in [0.2, 0.25) is 0 Å². The molecule has 0 aromatic heterocycles. The second-order valence-electron chi connectivity index (χ2n) is 5.36. The standard InChI is InChI=1S/C18H18O3/c1-20-16-7-5-15(6-8-16)17-10-14(11-19)4-9-18(17)21-12-13-2-3-13/h4-11,13H,2-3,12H2,1H3. The Morgan fingerprint density at radius 3 is 2.52 bits per heavy atom. The predicted molar refractivity (Wildman–Crippen MR) is 82.0 cm³/mol. The van der Waals surface area contributed by atoms with Gasteiger partial charge < -0.3 is 9.47 Å². The Morgan fingerprint density at radius 1 is 1.14 bits per heavy atom. The summed E-state index contributed by atoms with van der Waals surface area (Å²) >= 11 is 0. The Kier molecular flexibility index (Phi) is 3.91. The molecular weight excluding hydrogens is 264 g/mol. The molecule has 1 fully saturated rings. The number of ether oxygens (including phenoxy) is 2. The van der Waals surface area contributed by atoms with Crippen LogP contribution in [0.3, 0.4) is 0 Å². The van der Waals surface area contributed by atoms with Crippen molar-refractivity contribution >= 4 is 6.29 Å². The Hall–Kier alpha value is -2.29. The SMILES string of the molecule is COc1ccc(-c2cc(C=O)ccc2OCC2CC2)cc1. The van der Waals surface area contributed by atoms with E-state index in [2.05, 4.69) is 0 Å². The summed E-state index contributed by atoms with van der Waals surface area (Å²) in [5, 5.41) is 0. The summed E-state index contributed by atoms with van der Waals surface area (Å²) in [6.07, 6.45) is 3.37. The zero-order chi connectivity index (χ0) is 14.7. The lowest BCUT2D eigenvalue weighted by Crippen LogP contribution is -2.01. The number of carbonyl (C=O) groups is 1. The number of benzene rings is 2. The van der Waals surface area contributed by atoms with Crippen molar-refractivity contribution < 1.29 is 14.3 Å². The zero-order valence-corrected chi connectivity index (χ0v) is 12.0. The summed E-state index contributed by atoms with van der Waals surface area (Å²) in [5.41, 5.74) is 2.62. The molecule has 0 spiro atoms. The van der Waals surface area contributed by atoms with E-state index in [4.69, 9.17) is 9.47 Å². The lowest BCUT2D eigenvalue weighted by Gasteiger charge is -2.12. The van der Waals surface area contributed by atoms with Crippen molar-refractivity contribution in [1.82, 2.24) is 0 Å². The Morgan fingerprint density at radius 2 is 1.90 bits per heavy atom. The molecule has 3 nitrogen and oxygen atoms in total. The van der Waals surface area contributed by atoms with E-state index >= 15 is 0 Å². The van der Waals surface area contributed by atoms with Gasteiger partial charge in [0.2, 0.25) is 0 Å². The maximum Gasteiger partial charge on any atom is 0.150 e. The van der Waals surface area contributed by atoms with E-state index in [0.717, 1.165) is 35.5 Å². The van der Waals surface area contributed by atoms with Gasteiger partial charge in [-0.2, -0.15) is 0 Å². The van der Waals surface area contributed by atoms with Gasteiger partial charge in [0, 0.05) is 11.1 Å². The van der Waals surface area contributed by atoms with Gasteiger partial charge in [-0.25, -0.2) is 0 Å². The monoisotopic (exact) mass is 282 g/mol. The first kappa shape index (κ1) is 13.7. The van der Waals surface area contributed by atoms with Crippen LogP contribution in [0.25, 0.3) is 11.1 Å². The largest absolute Gasteiger partial charge is 0.497 e. The van der Waals surface area contributed by atoms with Gasteiger partial charge in [0.25, 0.3) is 0 Å². The third-order valence-corrected chi connectivity index (χ3v) is 3.71. The fourth-order valence-corrected chi connectivity index (χ4v) is 2.24. The van der Waals surface area contributed by atoms with Crippen molar-refractivity contribution in [2.24, 2.45) is 5.92 Å². The van der Waals surface area contributed by atoms with Gasteiger partial charge in [-0.05, 0) is 54.7 Å². The molecule has 0 heterocycles. The van der Waals surface area contributed by atoms with E-state index in [9.17, 15) is 4.79 Å². The van der Waals surface area contributed by atoms with Crippen LogP contribution in [0.5, 0.6) is 11.5 Å². The molecule has 0 amide bonds. The molecule has 2 aromatic rings. The summed E-state index contributed by atoms with van der Waals surface area (Å²) in [7, 11) is 1.65. The van der Waals surface area contributed by atoms with Crippen molar-refractivity contribution in [2.75, 3.05) is 13.7 Å². The highest BCUT2D eigenvalue weighted by molar-refractivity contribution is 5.81. The third kappa shape index (κ3) is 3.24. The molecule has 0 radical (unpaired) electrons. The molecule has 0 unspecified atom stereocenters. The molecule has 108 valence electrons. The van der Waals surface area contributed by atoms with Crippen LogP contribution in [0.15, 0.2) is 42.5 Å². The quantitative estimate of drug-likeness (QED) is 0.752. The van der Waals surface area contributed by atoms with Gasteiger partial charge in [0.15, 0.2) is 0 Å². The fraction of sp³-hybridized carbons (Fsp3) is 0.278. The maximum absolute atomic E-state index is 11.0. The molecule has 21 heavy (non-hydrogen) atoms. The molecule has 0 saturated heterocycles. The van der Waals surface area contributed by atoms with Gasteiger partial charge in [0.1, 0.15) is 17.8 Å². The molecule has 0 atom stereocenters. The summed E-state index contributed by atoms with van der Waals surface area (Å²) in [4.78, 5) is 11.0. The van der Waals surface area contributed by atoms with Gasteiger partial charge in [-0.3, -0.25) is 4.79 Å². The molecule has 3 heteroatoms. The third-order valence-electron chi connectivity index (χ3n) is 3.71. The number of hydrogen-bond donors (Lipinski definition) is 0. The van der Waals surface area contributed by atoms with E-state index in [1.807, 2.05) is 36.4 Å². The molecule has 2 aromatic carbocycles. The summed E-state index contributed by atoms with van der Waals surface area (Å²) < 4.78 is 11.1. The summed E-state index contributed by atoms with van der Waals surface area (Å²) in [6.45, 7) is 0.754. The van der Waals surface area contributed by atoms with E-state index in [0.29, 0.717) is 11.5 Å². The van der Waals surface area contributed by atoms with Crippen molar-refractivity contribution in [3.63, 3.8) is 0 Å². The minimum absolute atomic E-state index is 0.652. The van der Waals surface area contributed by atoms with Crippen molar-refractivity contribution in [2.45, 2.75) is 12.8 Å². The van der Waals surface area contributed by atoms with Crippen LogP contribution >= 0.6 is 0 Å². The Labute approximate surface area is 124 Å². The molecular formula is C18H18O3. The normalized spacial score (nSPS) is 13.8. The van der Waals surface area contributed by atoms with Crippen LogP contribution < -0.4 is 9.47 Å². The average Bonchev–Trinajstić information content (AvgIpc) is 3.37. The predicted octanol–water partition coefficient (Wildman–Crippen LogP) is 3.96. The van der Waals surface area contributed by atoms with Gasteiger partial charge in [0.05, 0.1) is 13.7 Å². The lowest BCUT2D eigenvalue weighted by atomic mass is 10.0. The summed E-state index contributed by atoms with van der Waals surface area (Å²) in [5.74, 6) is 2.34. The highest BCUT2D eigenvalue weighted by Crippen LogP contribution is 2.35. The Bertz CT molecular complexity index is 627. The zero-order valence-electron chi connectivity index (χ0n) is 12.0. The second-order valence-corrected chi connectivity index (χ2v) is 5.36.